The number of sulfone groups is 1. The number of aryl methyl sites for hydroxylation is 1. The number of benzene rings is 1. The molecule has 1 aromatic carbocycles. The van der Waals surface area contributed by atoms with Gasteiger partial charge in [-0.1, -0.05) is 11.6 Å². The van der Waals surface area contributed by atoms with E-state index in [-0.39, 0.29) is 23.5 Å². The second-order valence-electron chi connectivity index (χ2n) is 5.70. The Morgan fingerprint density at radius 1 is 1.45 bits per heavy atom. The molecule has 0 aromatic heterocycles. The molecule has 22 heavy (non-hydrogen) atoms. The fourth-order valence-corrected chi connectivity index (χ4v) is 4.59. The lowest BCUT2D eigenvalue weighted by molar-refractivity contribution is -0.131. The van der Waals surface area contributed by atoms with Crippen molar-refractivity contribution in [2.75, 3.05) is 30.4 Å². The van der Waals surface area contributed by atoms with Crippen LogP contribution in [-0.4, -0.2) is 50.4 Å². The van der Waals surface area contributed by atoms with Gasteiger partial charge in [-0.2, -0.15) is 0 Å². The number of halogens is 1. The third-order valence-electron chi connectivity index (χ3n) is 3.99. The highest BCUT2D eigenvalue weighted by Crippen LogP contribution is 2.20. The number of hydrogen-bond donors (Lipinski definition) is 1. The third-order valence-corrected chi connectivity index (χ3v) is 5.98. The Hall–Kier alpha value is -1.27. The molecule has 7 heteroatoms. The van der Waals surface area contributed by atoms with Crippen LogP contribution >= 0.6 is 11.6 Å². The summed E-state index contributed by atoms with van der Waals surface area (Å²) in [6, 6.07) is 5.36. The minimum absolute atomic E-state index is 0.0405. The lowest BCUT2D eigenvalue weighted by atomic mass is 10.2. The zero-order valence-electron chi connectivity index (χ0n) is 12.8. The Bertz CT molecular complexity index is 661. The second kappa shape index (κ2) is 6.87. The summed E-state index contributed by atoms with van der Waals surface area (Å²) < 4.78 is 22.9. The molecule has 2 rings (SSSR count). The molecule has 1 aliphatic rings. The van der Waals surface area contributed by atoms with E-state index in [2.05, 4.69) is 5.32 Å². The van der Waals surface area contributed by atoms with Crippen molar-refractivity contribution in [3.8, 4) is 0 Å². The van der Waals surface area contributed by atoms with E-state index in [9.17, 15) is 13.2 Å². The number of hydrogen-bond acceptors (Lipinski definition) is 4. The predicted molar refractivity (Wildman–Crippen MR) is 89.1 cm³/mol. The summed E-state index contributed by atoms with van der Waals surface area (Å²) in [7, 11) is -1.29. The van der Waals surface area contributed by atoms with Crippen LogP contribution in [0.1, 0.15) is 18.4 Å². The average Bonchev–Trinajstić information content (AvgIpc) is 2.80. The molecule has 0 aliphatic carbocycles. The van der Waals surface area contributed by atoms with Crippen LogP contribution in [0, 0.1) is 6.92 Å². The molecule has 1 heterocycles. The first-order valence-electron chi connectivity index (χ1n) is 7.24. The first-order valence-corrected chi connectivity index (χ1v) is 9.44. The van der Waals surface area contributed by atoms with Crippen LogP contribution in [0.25, 0.3) is 0 Å². The molecule has 1 N–H and O–H groups in total. The highest BCUT2D eigenvalue weighted by Gasteiger charge is 2.32. The third kappa shape index (κ3) is 4.36. The molecule has 0 saturated carbocycles. The van der Waals surface area contributed by atoms with E-state index in [1.807, 2.05) is 19.1 Å². The quantitative estimate of drug-likeness (QED) is 0.888. The Balaban J connectivity index is 1.82. The largest absolute Gasteiger partial charge is 0.384 e. The summed E-state index contributed by atoms with van der Waals surface area (Å²) in [5.41, 5.74) is 1.97. The molecule has 1 atom stereocenters. The fraction of sp³-hybridized carbons (Fsp3) is 0.533. The van der Waals surface area contributed by atoms with E-state index in [0.29, 0.717) is 24.4 Å². The van der Waals surface area contributed by atoms with E-state index in [0.717, 1.165) is 11.3 Å². The van der Waals surface area contributed by atoms with Gasteiger partial charge in [0, 0.05) is 36.8 Å². The van der Waals surface area contributed by atoms with Crippen molar-refractivity contribution in [1.29, 1.82) is 0 Å². The van der Waals surface area contributed by atoms with E-state index in [1.54, 1.807) is 18.0 Å². The molecule has 0 spiro atoms. The van der Waals surface area contributed by atoms with Crippen LogP contribution in [0.4, 0.5) is 5.69 Å². The van der Waals surface area contributed by atoms with E-state index < -0.39 is 9.84 Å². The number of nitrogens with zero attached hydrogens (tertiary/aromatic N) is 1. The van der Waals surface area contributed by atoms with Gasteiger partial charge in [0.15, 0.2) is 9.84 Å². The van der Waals surface area contributed by atoms with Crippen molar-refractivity contribution >= 4 is 33.0 Å². The van der Waals surface area contributed by atoms with Gasteiger partial charge in [0.25, 0.3) is 0 Å². The van der Waals surface area contributed by atoms with Gasteiger partial charge in [-0.05, 0) is 37.1 Å². The Kier molecular flexibility index (Phi) is 5.34. The maximum Gasteiger partial charge on any atom is 0.224 e. The first kappa shape index (κ1) is 17.1. The summed E-state index contributed by atoms with van der Waals surface area (Å²) >= 11 is 5.90. The molecule has 1 aromatic rings. The van der Waals surface area contributed by atoms with Gasteiger partial charge in [0.2, 0.25) is 5.91 Å². The minimum Gasteiger partial charge on any atom is -0.384 e. The molecule has 1 saturated heterocycles. The Labute approximate surface area is 136 Å². The summed E-state index contributed by atoms with van der Waals surface area (Å²) in [5.74, 6) is 0.220. The lowest BCUT2D eigenvalue weighted by Crippen LogP contribution is -2.38. The van der Waals surface area contributed by atoms with Crippen LogP contribution in [0.2, 0.25) is 5.02 Å². The Morgan fingerprint density at radius 2 is 2.18 bits per heavy atom. The maximum atomic E-state index is 12.1. The Morgan fingerprint density at radius 3 is 2.77 bits per heavy atom. The number of nitrogens with one attached hydrogen (secondary N) is 1. The van der Waals surface area contributed by atoms with Gasteiger partial charge in [-0.15, -0.1) is 0 Å². The van der Waals surface area contributed by atoms with Crippen molar-refractivity contribution in [2.45, 2.75) is 25.8 Å². The van der Waals surface area contributed by atoms with Gasteiger partial charge >= 0.3 is 0 Å². The van der Waals surface area contributed by atoms with Gasteiger partial charge in [0.1, 0.15) is 0 Å². The number of rotatable bonds is 5. The SMILES string of the molecule is Cc1cc(Cl)ccc1NCCC(=O)N(C)C1CCS(=O)(=O)C1. The van der Waals surface area contributed by atoms with Crippen LogP contribution in [0.3, 0.4) is 0 Å². The summed E-state index contributed by atoms with van der Waals surface area (Å²) in [5, 5.41) is 3.89. The van der Waals surface area contributed by atoms with Crippen LogP contribution in [-0.2, 0) is 14.6 Å². The van der Waals surface area contributed by atoms with Crippen molar-refractivity contribution in [1.82, 2.24) is 4.90 Å². The van der Waals surface area contributed by atoms with Crippen molar-refractivity contribution < 1.29 is 13.2 Å². The molecule has 1 fully saturated rings. The van der Waals surface area contributed by atoms with Crippen LogP contribution < -0.4 is 5.32 Å². The van der Waals surface area contributed by atoms with E-state index >= 15 is 0 Å². The van der Waals surface area contributed by atoms with Gasteiger partial charge in [-0.3, -0.25) is 4.79 Å². The molecule has 1 unspecified atom stereocenters. The number of anilines is 1. The highest BCUT2D eigenvalue weighted by molar-refractivity contribution is 7.91. The molecular weight excluding hydrogens is 324 g/mol. The molecule has 122 valence electrons. The molecule has 1 amide bonds. The number of amides is 1. The number of carbonyl (C=O) groups excluding carboxylic acids is 1. The monoisotopic (exact) mass is 344 g/mol. The van der Waals surface area contributed by atoms with Gasteiger partial charge < -0.3 is 10.2 Å². The van der Waals surface area contributed by atoms with Gasteiger partial charge in [0.05, 0.1) is 11.5 Å². The zero-order valence-corrected chi connectivity index (χ0v) is 14.4. The van der Waals surface area contributed by atoms with Crippen molar-refractivity contribution in [3.63, 3.8) is 0 Å². The van der Waals surface area contributed by atoms with E-state index in [1.165, 1.54) is 0 Å². The molecule has 1 aliphatic heterocycles. The summed E-state index contributed by atoms with van der Waals surface area (Å²) in [4.78, 5) is 13.7. The second-order valence-corrected chi connectivity index (χ2v) is 8.36. The van der Waals surface area contributed by atoms with Crippen molar-refractivity contribution in [2.24, 2.45) is 0 Å². The van der Waals surface area contributed by atoms with E-state index in [4.69, 9.17) is 11.6 Å². The number of carbonyl (C=O) groups is 1. The average molecular weight is 345 g/mol. The first-order chi connectivity index (χ1) is 10.3. The van der Waals surface area contributed by atoms with Crippen LogP contribution in [0.5, 0.6) is 0 Å². The van der Waals surface area contributed by atoms with Gasteiger partial charge in [-0.25, -0.2) is 8.42 Å². The summed E-state index contributed by atoms with van der Waals surface area (Å²) in [6.45, 7) is 2.46. The molecule has 0 bridgehead atoms. The summed E-state index contributed by atoms with van der Waals surface area (Å²) in [6.07, 6.45) is 0.864. The topological polar surface area (TPSA) is 66.5 Å². The molecule has 5 nitrogen and oxygen atoms in total. The smallest absolute Gasteiger partial charge is 0.224 e. The zero-order chi connectivity index (χ0) is 16.3. The molecular formula is C15H21ClN2O3S. The standard InChI is InChI=1S/C15H21ClN2O3S/c1-11-9-12(16)3-4-14(11)17-7-5-15(19)18(2)13-6-8-22(20,21)10-13/h3-4,9,13,17H,5-8,10H2,1-2H3. The highest BCUT2D eigenvalue weighted by atomic mass is 35.5. The molecule has 0 radical (unpaired) electrons. The fourth-order valence-electron chi connectivity index (χ4n) is 2.59. The van der Waals surface area contributed by atoms with Crippen LogP contribution in [0.15, 0.2) is 18.2 Å². The van der Waals surface area contributed by atoms with Crippen molar-refractivity contribution in [3.05, 3.63) is 28.8 Å². The normalized spacial score (nSPS) is 19.9. The lowest BCUT2D eigenvalue weighted by Gasteiger charge is -2.23. The predicted octanol–water partition coefficient (Wildman–Crippen LogP) is 2.10. The minimum atomic E-state index is -2.97. The maximum absolute atomic E-state index is 12.1.